The van der Waals surface area contributed by atoms with Gasteiger partial charge in [-0.2, -0.15) is 0 Å². The van der Waals surface area contributed by atoms with Crippen LogP contribution in [-0.4, -0.2) is 36.0 Å². The molecular weight excluding hydrogens is 301 g/mol. The van der Waals surface area contributed by atoms with Gasteiger partial charge in [-0.3, -0.25) is 4.79 Å². The lowest BCUT2D eigenvalue weighted by Gasteiger charge is -2.23. The number of amides is 1. The molecule has 0 spiro atoms. The summed E-state index contributed by atoms with van der Waals surface area (Å²) in [6, 6.07) is 4.18. The third kappa shape index (κ3) is 3.07. The molecule has 0 radical (unpaired) electrons. The molecule has 0 saturated carbocycles. The number of carbonyl (C=O) groups is 2. The maximum absolute atomic E-state index is 12.5. The zero-order valence-corrected chi connectivity index (χ0v) is 12.6. The number of benzene rings is 1. The van der Waals surface area contributed by atoms with Gasteiger partial charge in [0.1, 0.15) is 6.04 Å². The van der Waals surface area contributed by atoms with Crippen molar-refractivity contribution in [3.05, 3.63) is 33.8 Å². The first-order valence-corrected chi connectivity index (χ1v) is 7.23. The summed E-state index contributed by atoms with van der Waals surface area (Å²) in [6.07, 6.45) is 1.40. The van der Waals surface area contributed by atoms with Crippen molar-refractivity contribution < 1.29 is 14.3 Å². The summed E-state index contributed by atoms with van der Waals surface area (Å²) in [5.74, 6) is -0.620. The summed E-state index contributed by atoms with van der Waals surface area (Å²) >= 11 is 11.9. The first-order chi connectivity index (χ1) is 9.54. The van der Waals surface area contributed by atoms with E-state index in [4.69, 9.17) is 27.9 Å². The minimum atomic E-state index is -0.519. The van der Waals surface area contributed by atoms with Crippen molar-refractivity contribution in [3.63, 3.8) is 0 Å². The molecule has 0 N–H and O–H groups in total. The number of rotatable bonds is 3. The Morgan fingerprint density at radius 1 is 1.40 bits per heavy atom. The Bertz CT molecular complexity index is 533. The molecule has 1 aliphatic heterocycles. The van der Waals surface area contributed by atoms with Gasteiger partial charge in [0.15, 0.2) is 0 Å². The highest BCUT2D eigenvalue weighted by atomic mass is 35.5. The maximum Gasteiger partial charge on any atom is 0.328 e. The van der Waals surface area contributed by atoms with Crippen LogP contribution in [-0.2, 0) is 9.53 Å². The van der Waals surface area contributed by atoms with Crippen LogP contribution in [0.25, 0.3) is 0 Å². The second-order valence-corrected chi connectivity index (χ2v) is 5.38. The Morgan fingerprint density at radius 2 is 2.15 bits per heavy atom. The monoisotopic (exact) mass is 315 g/mol. The fraction of sp³-hybridized carbons (Fsp3) is 0.429. The smallest absolute Gasteiger partial charge is 0.328 e. The van der Waals surface area contributed by atoms with Crippen LogP contribution in [0.2, 0.25) is 10.0 Å². The largest absolute Gasteiger partial charge is 0.464 e. The average Bonchev–Trinajstić information content (AvgIpc) is 2.87. The first-order valence-electron chi connectivity index (χ1n) is 6.47. The number of hydrogen-bond donors (Lipinski definition) is 0. The molecule has 2 rings (SSSR count). The molecule has 0 bridgehead atoms. The Morgan fingerprint density at radius 3 is 2.80 bits per heavy atom. The van der Waals surface area contributed by atoms with Gasteiger partial charge in [0.2, 0.25) is 0 Å². The van der Waals surface area contributed by atoms with Crippen LogP contribution in [0, 0.1) is 0 Å². The Hall–Kier alpha value is -1.26. The van der Waals surface area contributed by atoms with E-state index in [0.717, 1.165) is 6.42 Å². The summed E-state index contributed by atoms with van der Waals surface area (Å²) in [6.45, 7) is 2.58. The predicted octanol–water partition coefficient (Wildman–Crippen LogP) is 3.16. The normalized spacial score (nSPS) is 18.1. The van der Waals surface area contributed by atoms with Crippen LogP contribution < -0.4 is 0 Å². The molecule has 1 aromatic rings. The number of hydrogen-bond acceptors (Lipinski definition) is 3. The lowest BCUT2D eigenvalue weighted by Crippen LogP contribution is -2.41. The van der Waals surface area contributed by atoms with Gasteiger partial charge in [0.25, 0.3) is 5.91 Å². The van der Waals surface area contributed by atoms with Gasteiger partial charge >= 0.3 is 5.97 Å². The van der Waals surface area contributed by atoms with Crippen molar-refractivity contribution in [2.45, 2.75) is 25.8 Å². The Labute approximate surface area is 127 Å². The fourth-order valence-electron chi connectivity index (χ4n) is 2.31. The number of esters is 1. The molecule has 1 unspecified atom stereocenters. The summed E-state index contributed by atoms with van der Waals surface area (Å²) < 4.78 is 5.00. The van der Waals surface area contributed by atoms with E-state index in [2.05, 4.69) is 0 Å². The second-order valence-electron chi connectivity index (χ2n) is 4.53. The van der Waals surface area contributed by atoms with Crippen molar-refractivity contribution >= 4 is 35.1 Å². The highest BCUT2D eigenvalue weighted by molar-refractivity contribution is 6.36. The van der Waals surface area contributed by atoms with Gasteiger partial charge in [-0.25, -0.2) is 4.79 Å². The molecule has 1 heterocycles. The molecule has 0 aliphatic carbocycles. The van der Waals surface area contributed by atoms with E-state index in [1.165, 1.54) is 11.0 Å². The number of nitrogens with zero attached hydrogens (tertiary/aromatic N) is 1. The average molecular weight is 316 g/mol. The predicted molar refractivity (Wildman–Crippen MR) is 77.2 cm³/mol. The number of ether oxygens (including phenoxy) is 1. The molecule has 1 aliphatic rings. The number of carbonyl (C=O) groups excluding carboxylic acids is 2. The van der Waals surface area contributed by atoms with Crippen molar-refractivity contribution in [2.24, 2.45) is 0 Å². The highest BCUT2D eigenvalue weighted by Crippen LogP contribution is 2.26. The van der Waals surface area contributed by atoms with E-state index >= 15 is 0 Å². The van der Waals surface area contributed by atoms with Gasteiger partial charge in [-0.1, -0.05) is 23.2 Å². The van der Waals surface area contributed by atoms with Gasteiger partial charge < -0.3 is 9.64 Å². The zero-order valence-electron chi connectivity index (χ0n) is 11.1. The topological polar surface area (TPSA) is 46.6 Å². The maximum atomic E-state index is 12.5. The van der Waals surface area contributed by atoms with Gasteiger partial charge in [-0.15, -0.1) is 0 Å². The summed E-state index contributed by atoms with van der Waals surface area (Å²) in [7, 11) is 0. The van der Waals surface area contributed by atoms with Crippen molar-refractivity contribution in [3.8, 4) is 0 Å². The molecule has 1 atom stereocenters. The molecule has 6 heteroatoms. The van der Waals surface area contributed by atoms with Crippen LogP contribution in [0.1, 0.15) is 30.1 Å². The third-order valence-corrected chi connectivity index (χ3v) is 3.78. The van der Waals surface area contributed by atoms with Crippen LogP contribution in [0.5, 0.6) is 0 Å². The summed E-state index contributed by atoms with van der Waals surface area (Å²) in [4.78, 5) is 25.9. The first kappa shape index (κ1) is 15.1. The highest BCUT2D eigenvalue weighted by Gasteiger charge is 2.36. The summed E-state index contributed by atoms with van der Waals surface area (Å²) in [5.41, 5.74) is 0.354. The summed E-state index contributed by atoms with van der Waals surface area (Å²) in [5, 5.41) is 0.756. The zero-order chi connectivity index (χ0) is 14.7. The standard InChI is InChI=1S/C14H15Cl2NO3/c1-2-20-14(19)12-4-3-7-17(12)13(18)10-6-5-9(15)8-11(10)16/h5-6,8,12H,2-4,7H2,1H3. The number of likely N-dealkylation sites (tertiary alicyclic amines) is 1. The van der Waals surface area contributed by atoms with E-state index in [1.54, 1.807) is 19.1 Å². The van der Waals surface area contributed by atoms with Crippen LogP contribution in [0.3, 0.4) is 0 Å². The Kier molecular flexibility index (Phi) is 4.89. The van der Waals surface area contributed by atoms with E-state index < -0.39 is 6.04 Å². The lowest BCUT2D eigenvalue weighted by molar-refractivity contribution is -0.147. The molecule has 108 valence electrons. The van der Waals surface area contributed by atoms with E-state index in [1.807, 2.05) is 0 Å². The SMILES string of the molecule is CCOC(=O)C1CCCN1C(=O)c1ccc(Cl)cc1Cl. The lowest BCUT2D eigenvalue weighted by atomic mass is 10.1. The molecule has 1 fully saturated rings. The van der Waals surface area contributed by atoms with Crippen molar-refractivity contribution in [1.29, 1.82) is 0 Å². The van der Waals surface area contributed by atoms with Crippen LogP contribution in [0.4, 0.5) is 0 Å². The van der Waals surface area contributed by atoms with Crippen molar-refractivity contribution in [2.75, 3.05) is 13.2 Å². The Balaban J connectivity index is 2.21. The molecule has 1 amide bonds. The van der Waals surface area contributed by atoms with E-state index in [9.17, 15) is 9.59 Å². The van der Waals surface area contributed by atoms with Crippen molar-refractivity contribution in [1.82, 2.24) is 4.90 Å². The molecule has 1 aromatic carbocycles. The quantitative estimate of drug-likeness (QED) is 0.805. The molecule has 1 saturated heterocycles. The number of halogens is 2. The van der Waals surface area contributed by atoms with Crippen LogP contribution in [0.15, 0.2) is 18.2 Å². The molecule has 4 nitrogen and oxygen atoms in total. The van der Waals surface area contributed by atoms with Gasteiger partial charge in [0.05, 0.1) is 17.2 Å². The minimum Gasteiger partial charge on any atom is -0.464 e. The molecule has 20 heavy (non-hydrogen) atoms. The van der Waals surface area contributed by atoms with E-state index in [-0.39, 0.29) is 16.9 Å². The fourth-order valence-corrected chi connectivity index (χ4v) is 2.80. The second kappa shape index (κ2) is 6.46. The van der Waals surface area contributed by atoms with Gasteiger partial charge in [-0.05, 0) is 38.0 Å². The van der Waals surface area contributed by atoms with E-state index in [0.29, 0.717) is 30.2 Å². The molecular formula is C14H15Cl2NO3. The van der Waals surface area contributed by atoms with Crippen LogP contribution >= 0.6 is 23.2 Å². The third-order valence-electron chi connectivity index (χ3n) is 3.23. The van der Waals surface area contributed by atoms with Gasteiger partial charge in [0, 0.05) is 11.6 Å². The molecule has 0 aromatic heterocycles. The minimum absolute atomic E-state index is 0.262.